The number of thioether (sulfide) groups is 1. The molecule has 0 atom stereocenters. The quantitative estimate of drug-likeness (QED) is 0.449. The molecule has 1 aromatic heterocycles. The highest BCUT2D eigenvalue weighted by molar-refractivity contribution is 7.98. The fourth-order valence-electron chi connectivity index (χ4n) is 4.06. The maximum Gasteiger partial charge on any atom is 0.0953 e. The summed E-state index contributed by atoms with van der Waals surface area (Å²) in [4.78, 5) is 3.68. The van der Waals surface area contributed by atoms with E-state index in [1.54, 1.807) is 11.8 Å². The molecule has 1 aliphatic rings. The van der Waals surface area contributed by atoms with E-state index < -0.39 is 0 Å². The molecule has 4 nitrogen and oxygen atoms in total. The molecule has 0 radical (unpaired) electrons. The Morgan fingerprint density at radius 3 is 2.58 bits per heavy atom. The van der Waals surface area contributed by atoms with Crippen molar-refractivity contribution in [1.29, 1.82) is 0 Å². The smallest absolute Gasteiger partial charge is 0.0953 e. The van der Waals surface area contributed by atoms with Gasteiger partial charge in [0.15, 0.2) is 0 Å². The number of hydrogen-bond acceptors (Lipinski definition) is 5. The normalized spacial score (nSPS) is 13.8. The lowest BCUT2D eigenvalue weighted by Crippen LogP contribution is -2.30. The first kappa shape index (κ1) is 21.4. The fourth-order valence-corrected chi connectivity index (χ4v) is 4.52. The van der Waals surface area contributed by atoms with Crippen molar-refractivity contribution in [1.82, 2.24) is 10.2 Å². The fraction of sp³-hybridized carbons (Fsp3) is 0.308. The number of aromatic nitrogens is 2. The van der Waals surface area contributed by atoms with Crippen LogP contribution < -0.4 is 10.2 Å². The van der Waals surface area contributed by atoms with E-state index in [-0.39, 0.29) is 0 Å². The molecule has 31 heavy (non-hydrogen) atoms. The molecular weight excluding hydrogens is 400 g/mol. The first-order valence-corrected chi connectivity index (χ1v) is 12.1. The zero-order valence-corrected chi connectivity index (χ0v) is 19.4. The zero-order chi connectivity index (χ0) is 21.8. The topological polar surface area (TPSA) is 41.0 Å². The molecule has 5 heteroatoms. The van der Waals surface area contributed by atoms with Gasteiger partial charge in [-0.1, -0.05) is 24.8 Å². The summed E-state index contributed by atoms with van der Waals surface area (Å²) in [5.74, 6) is 0. The molecule has 0 unspecified atom stereocenters. The molecule has 2 aromatic carbocycles. The third-order valence-electron chi connectivity index (χ3n) is 5.88. The van der Waals surface area contributed by atoms with Crippen LogP contribution >= 0.6 is 11.8 Å². The van der Waals surface area contributed by atoms with E-state index in [4.69, 9.17) is 0 Å². The van der Waals surface area contributed by atoms with E-state index in [1.165, 1.54) is 35.4 Å². The number of rotatable bonds is 6. The van der Waals surface area contributed by atoms with Crippen LogP contribution in [-0.4, -0.2) is 29.5 Å². The summed E-state index contributed by atoms with van der Waals surface area (Å²) in [5.41, 5.74) is 8.39. The van der Waals surface area contributed by atoms with Crippen LogP contribution in [0.5, 0.6) is 0 Å². The van der Waals surface area contributed by atoms with Gasteiger partial charge in [-0.2, -0.15) is 10.2 Å². The Labute approximate surface area is 189 Å². The van der Waals surface area contributed by atoms with E-state index in [1.807, 2.05) is 0 Å². The van der Waals surface area contributed by atoms with Gasteiger partial charge in [0.25, 0.3) is 0 Å². The van der Waals surface area contributed by atoms with Gasteiger partial charge in [-0.25, -0.2) is 0 Å². The molecule has 0 bridgehead atoms. The van der Waals surface area contributed by atoms with E-state index in [0.29, 0.717) is 0 Å². The summed E-state index contributed by atoms with van der Waals surface area (Å²) in [6.45, 7) is 10.6. The Bertz CT molecular complexity index is 1090. The lowest BCUT2D eigenvalue weighted by molar-refractivity contribution is 0.575. The van der Waals surface area contributed by atoms with Gasteiger partial charge in [0.2, 0.25) is 0 Å². The lowest BCUT2D eigenvalue weighted by atomic mass is 10.0. The van der Waals surface area contributed by atoms with Crippen LogP contribution in [-0.2, 0) is 0 Å². The van der Waals surface area contributed by atoms with Crippen LogP contribution in [0, 0.1) is 13.8 Å². The monoisotopic (exact) mass is 430 g/mol. The molecule has 160 valence electrons. The predicted octanol–water partition coefficient (Wildman–Crippen LogP) is 6.56. The van der Waals surface area contributed by atoms with Crippen LogP contribution in [0.3, 0.4) is 0 Å². The number of nitrogens with one attached hydrogen (secondary N) is 1. The highest BCUT2D eigenvalue weighted by Gasteiger charge is 2.16. The molecule has 1 saturated heterocycles. The second kappa shape index (κ2) is 9.56. The molecule has 0 aliphatic carbocycles. The third kappa shape index (κ3) is 4.93. The third-order valence-corrected chi connectivity index (χ3v) is 6.60. The molecule has 4 rings (SSSR count). The van der Waals surface area contributed by atoms with Crippen molar-refractivity contribution in [3.63, 3.8) is 0 Å². The second-order valence-electron chi connectivity index (χ2n) is 8.11. The summed E-state index contributed by atoms with van der Waals surface area (Å²) in [5, 5.41) is 12.5. The van der Waals surface area contributed by atoms with Crippen molar-refractivity contribution in [2.75, 3.05) is 29.6 Å². The van der Waals surface area contributed by atoms with Gasteiger partial charge < -0.3 is 10.2 Å². The van der Waals surface area contributed by atoms with Crippen LogP contribution in [0.1, 0.15) is 36.1 Å². The van der Waals surface area contributed by atoms with Crippen molar-refractivity contribution in [2.45, 2.75) is 38.0 Å². The van der Waals surface area contributed by atoms with Crippen LogP contribution in [0.4, 0.5) is 11.4 Å². The Balaban J connectivity index is 1.61. The average molecular weight is 431 g/mol. The molecule has 0 amide bonds. The van der Waals surface area contributed by atoms with Gasteiger partial charge >= 0.3 is 0 Å². The van der Waals surface area contributed by atoms with Crippen LogP contribution in [0.2, 0.25) is 0 Å². The largest absolute Gasteiger partial charge is 0.370 e. The molecular formula is C26H30N4S. The van der Waals surface area contributed by atoms with Gasteiger partial charge in [-0.15, -0.1) is 11.8 Å². The number of aryl methyl sites for hydroxylation is 2. The molecule has 2 heterocycles. The molecule has 0 spiro atoms. The van der Waals surface area contributed by atoms with Gasteiger partial charge in [0.1, 0.15) is 0 Å². The molecule has 1 aliphatic heterocycles. The number of benzene rings is 2. The lowest BCUT2D eigenvalue weighted by Gasteiger charge is -2.29. The minimum absolute atomic E-state index is 0.884. The first-order chi connectivity index (χ1) is 15.0. The van der Waals surface area contributed by atoms with Gasteiger partial charge in [-0.05, 0) is 80.8 Å². The Morgan fingerprint density at radius 2 is 1.81 bits per heavy atom. The van der Waals surface area contributed by atoms with Crippen molar-refractivity contribution in [3.8, 4) is 11.3 Å². The molecule has 0 saturated carbocycles. The maximum atomic E-state index is 4.54. The minimum Gasteiger partial charge on any atom is -0.370 e. The second-order valence-corrected chi connectivity index (χ2v) is 8.99. The number of anilines is 2. The molecule has 1 fully saturated rings. The zero-order valence-electron chi connectivity index (χ0n) is 18.6. The van der Waals surface area contributed by atoms with E-state index >= 15 is 0 Å². The van der Waals surface area contributed by atoms with Gasteiger partial charge in [0, 0.05) is 34.9 Å². The summed E-state index contributed by atoms with van der Waals surface area (Å²) in [6.07, 6.45) is 5.89. The predicted molar refractivity (Wildman–Crippen MR) is 134 cm³/mol. The standard InChI is InChI=1S/C26H30N4S/c1-18-11-12-22(27-19(2)21-9-8-10-23(15-21)31-4)16-24(18)25-17-26(20(3)28-29-25)30-13-6-5-7-14-30/h8-12,15-17,27H,2,5-7,13-14H2,1,3-4H3. The van der Waals surface area contributed by atoms with E-state index in [9.17, 15) is 0 Å². The summed E-state index contributed by atoms with van der Waals surface area (Å²) >= 11 is 1.73. The minimum atomic E-state index is 0.884. The SMILES string of the molecule is C=C(Nc1ccc(C)c(-c2cc(N3CCCCC3)c(C)nn2)c1)c1cccc(SC)c1. The van der Waals surface area contributed by atoms with Crippen LogP contribution in [0.15, 0.2) is 60.0 Å². The van der Waals surface area contributed by atoms with Gasteiger partial charge in [0.05, 0.1) is 17.1 Å². The van der Waals surface area contributed by atoms with Crippen LogP contribution in [0.25, 0.3) is 17.0 Å². The Hall–Kier alpha value is -2.79. The number of piperidine rings is 1. The molecule has 3 aromatic rings. The summed E-state index contributed by atoms with van der Waals surface area (Å²) in [7, 11) is 0. The van der Waals surface area contributed by atoms with Gasteiger partial charge in [-0.3, -0.25) is 0 Å². The van der Waals surface area contributed by atoms with E-state index in [0.717, 1.165) is 47.0 Å². The van der Waals surface area contributed by atoms with Crippen molar-refractivity contribution in [2.24, 2.45) is 0 Å². The van der Waals surface area contributed by atoms with E-state index in [2.05, 4.69) is 95.6 Å². The average Bonchev–Trinajstić information content (AvgIpc) is 2.81. The number of hydrogen-bond donors (Lipinski definition) is 1. The summed E-state index contributed by atoms with van der Waals surface area (Å²) in [6, 6.07) is 17.0. The highest BCUT2D eigenvalue weighted by atomic mass is 32.2. The summed E-state index contributed by atoms with van der Waals surface area (Å²) < 4.78 is 0. The highest BCUT2D eigenvalue weighted by Crippen LogP contribution is 2.31. The first-order valence-electron chi connectivity index (χ1n) is 10.9. The maximum absolute atomic E-state index is 4.54. The van der Waals surface area contributed by atoms with Crippen molar-refractivity contribution < 1.29 is 0 Å². The van der Waals surface area contributed by atoms with Crippen molar-refractivity contribution in [3.05, 3.63) is 71.9 Å². The Morgan fingerprint density at radius 1 is 1.00 bits per heavy atom. The number of nitrogens with zero attached hydrogens (tertiary/aromatic N) is 3. The Kier molecular flexibility index (Phi) is 6.62. The van der Waals surface area contributed by atoms with Crippen molar-refractivity contribution >= 4 is 28.8 Å². The molecule has 1 N–H and O–H groups in total.